The maximum Gasteiger partial charge on any atom is 0.344 e. The Bertz CT molecular complexity index is 2600. The fraction of sp³-hybridized carbons (Fsp3) is 0.471. The van der Waals surface area contributed by atoms with Gasteiger partial charge in [0, 0.05) is 90.9 Å². The van der Waals surface area contributed by atoms with Crippen LogP contribution in [0.2, 0.25) is 0 Å². The van der Waals surface area contributed by atoms with Crippen LogP contribution in [0.5, 0.6) is 5.75 Å². The summed E-state index contributed by atoms with van der Waals surface area (Å²) >= 11 is 0. The van der Waals surface area contributed by atoms with Crippen LogP contribution in [0.1, 0.15) is 75.3 Å². The molecule has 4 aromatic rings. The third-order valence-electron chi connectivity index (χ3n) is 16.0. The van der Waals surface area contributed by atoms with Gasteiger partial charge in [-0.1, -0.05) is 68.0 Å². The number of anilines is 1. The molecule has 1 unspecified atom stereocenters. The van der Waals surface area contributed by atoms with E-state index in [2.05, 4.69) is 76.5 Å². The van der Waals surface area contributed by atoms with Crippen LogP contribution >= 0.6 is 0 Å². The Hall–Kier alpha value is -5.59. The molecule has 1 saturated carbocycles. The number of hydrogen-bond donors (Lipinski definition) is 2. The molecule has 12 nitrogen and oxygen atoms in total. The molecule has 12 heteroatoms. The number of nitrogens with zero attached hydrogens (tertiary/aromatic N) is 3. The number of esters is 3. The summed E-state index contributed by atoms with van der Waals surface area (Å²) in [6.45, 7) is 8.43. The maximum absolute atomic E-state index is 15.5. The highest BCUT2D eigenvalue weighted by Crippen LogP contribution is 2.69. The van der Waals surface area contributed by atoms with E-state index in [-0.39, 0.29) is 12.0 Å². The first-order valence-electron chi connectivity index (χ1n) is 22.4. The predicted octanol–water partition coefficient (Wildman–Crippen LogP) is 6.77. The Kier molecular flexibility index (Phi) is 9.69. The molecule has 0 amide bonds. The lowest BCUT2D eigenvalue weighted by Crippen LogP contribution is -2.81. The zero-order valence-corrected chi connectivity index (χ0v) is 37.3. The average molecular weight is 855 g/mol. The van der Waals surface area contributed by atoms with Crippen molar-refractivity contribution in [2.24, 2.45) is 11.3 Å². The first-order valence-corrected chi connectivity index (χ1v) is 22.4. The zero-order chi connectivity index (χ0) is 44.2. The highest BCUT2D eigenvalue weighted by molar-refractivity contribution is 5.96. The minimum atomic E-state index is -2.27. The molecular weight excluding hydrogens is 797 g/mol. The fourth-order valence-electron chi connectivity index (χ4n) is 13.7. The Morgan fingerprint density at radius 1 is 0.921 bits per heavy atom. The predicted molar refractivity (Wildman–Crippen MR) is 239 cm³/mol. The minimum absolute atomic E-state index is 0.000525. The quantitative estimate of drug-likeness (QED) is 0.111. The summed E-state index contributed by atoms with van der Waals surface area (Å²) in [5, 5.41) is 14.5. The van der Waals surface area contributed by atoms with Gasteiger partial charge in [0.15, 0.2) is 6.10 Å². The second-order valence-corrected chi connectivity index (χ2v) is 18.8. The normalized spacial score (nSPS) is 32.4. The fourth-order valence-corrected chi connectivity index (χ4v) is 13.7. The van der Waals surface area contributed by atoms with E-state index in [9.17, 15) is 14.7 Å². The molecule has 3 aromatic carbocycles. The number of methoxy groups -OCH3 is 3. The summed E-state index contributed by atoms with van der Waals surface area (Å²) in [6.07, 6.45) is 8.20. The van der Waals surface area contributed by atoms with Gasteiger partial charge in [0.2, 0.25) is 5.60 Å². The van der Waals surface area contributed by atoms with Gasteiger partial charge in [0.1, 0.15) is 11.2 Å². The van der Waals surface area contributed by atoms with E-state index in [0.29, 0.717) is 50.1 Å². The molecule has 6 aliphatic rings. The molecule has 10 rings (SSSR count). The first kappa shape index (κ1) is 41.4. The van der Waals surface area contributed by atoms with E-state index in [1.165, 1.54) is 26.7 Å². The van der Waals surface area contributed by atoms with Gasteiger partial charge in [-0.15, -0.1) is 0 Å². The maximum atomic E-state index is 15.5. The van der Waals surface area contributed by atoms with Crippen LogP contribution in [0.4, 0.5) is 5.69 Å². The molecule has 63 heavy (non-hydrogen) atoms. The topological polar surface area (TPSA) is 134 Å². The molecule has 2 fully saturated rings. The molecular formula is C51H58N4O8. The van der Waals surface area contributed by atoms with Gasteiger partial charge < -0.3 is 38.8 Å². The SMILES string of the molecule is CCC1=C[C@H]2CN(C1)Cc1c([nH]c3ccc(-c4ccccc4)cc13)[C@@](C(=O)OC)(c1cc3c(cc1OC)N(C)[C@H]1[C@@](O)(C(=O)OC)[C@H](OC(C)=O)[C@]4(CC)CC=CN5CC[C@]31[C@@H]54)C2. The molecule has 9 atom stereocenters. The van der Waals surface area contributed by atoms with E-state index >= 15 is 4.79 Å². The van der Waals surface area contributed by atoms with Gasteiger partial charge in [-0.3, -0.25) is 14.5 Å². The molecule has 1 saturated heterocycles. The number of ether oxygens (including phenoxy) is 4. The molecule has 2 N–H and O–H groups in total. The molecule has 1 aromatic heterocycles. The molecule has 2 bridgehead atoms. The highest BCUT2D eigenvalue weighted by Gasteiger charge is 2.80. The number of H-pyrrole nitrogens is 1. The number of nitrogens with one attached hydrogen (secondary N) is 1. The summed E-state index contributed by atoms with van der Waals surface area (Å²) in [6, 6.07) is 19.7. The third kappa shape index (κ3) is 5.49. The number of hydrogen-bond acceptors (Lipinski definition) is 11. The van der Waals surface area contributed by atoms with Gasteiger partial charge in [-0.2, -0.15) is 0 Å². The summed E-state index contributed by atoms with van der Waals surface area (Å²) in [5.74, 6) is -1.35. The lowest BCUT2D eigenvalue weighted by atomic mass is 9.47. The van der Waals surface area contributed by atoms with Gasteiger partial charge in [0.05, 0.1) is 27.4 Å². The number of carbonyl (C=O) groups excluding carboxylic acids is 3. The van der Waals surface area contributed by atoms with Crippen LogP contribution in [0.25, 0.3) is 22.0 Å². The Morgan fingerprint density at radius 3 is 2.40 bits per heavy atom. The number of aromatic nitrogens is 1. The number of carbonyl (C=O) groups is 3. The van der Waals surface area contributed by atoms with Gasteiger partial charge in [0.25, 0.3) is 0 Å². The summed E-state index contributed by atoms with van der Waals surface area (Å²) in [7, 11) is 6.25. The molecule has 0 radical (unpaired) electrons. The van der Waals surface area contributed by atoms with Gasteiger partial charge in [-0.05, 0) is 84.7 Å². The monoisotopic (exact) mass is 854 g/mol. The van der Waals surface area contributed by atoms with E-state index in [0.717, 1.165) is 64.0 Å². The van der Waals surface area contributed by atoms with Crippen molar-refractivity contribution >= 4 is 34.5 Å². The lowest BCUT2D eigenvalue weighted by molar-refractivity contribution is -0.235. The van der Waals surface area contributed by atoms with E-state index < -0.39 is 51.9 Å². The van der Waals surface area contributed by atoms with E-state index in [4.69, 9.17) is 18.9 Å². The van der Waals surface area contributed by atoms with Crippen molar-refractivity contribution in [2.75, 3.05) is 52.9 Å². The smallest absolute Gasteiger partial charge is 0.344 e. The van der Waals surface area contributed by atoms with Gasteiger partial charge >= 0.3 is 17.9 Å². The first-order chi connectivity index (χ1) is 30.4. The van der Waals surface area contributed by atoms with Crippen molar-refractivity contribution in [3.05, 3.63) is 107 Å². The number of fused-ring (bicyclic) bond motifs is 6. The van der Waals surface area contributed by atoms with Crippen LogP contribution in [-0.4, -0.2) is 110 Å². The summed E-state index contributed by atoms with van der Waals surface area (Å²) < 4.78 is 24.2. The summed E-state index contributed by atoms with van der Waals surface area (Å²) in [5.41, 5.74) is 3.16. The summed E-state index contributed by atoms with van der Waals surface area (Å²) in [4.78, 5) is 53.6. The Balaban J connectivity index is 1.28. The van der Waals surface area contributed by atoms with Crippen LogP contribution in [0, 0.1) is 11.3 Å². The average Bonchev–Trinajstić information content (AvgIpc) is 3.95. The molecule has 6 heterocycles. The second-order valence-electron chi connectivity index (χ2n) is 18.8. The number of benzene rings is 3. The number of likely N-dealkylation sites (N-methyl/N-ethyl adjacent to an activating group) is 1. The lowest BCUT2D eigenvalue weighted by Gasteiger charge is -2.64. The van der Waals surface area contributed by atoms with Crippen LogP contribution in [0.3, 0.4) is 0 Å². The molecule has 5 aliphatic heterocycles. The second kappa shape index (κ2) is 14.7. The standard InChI is InChI=1S/C51H58N4O8/c1-8-31-22-32-26-50(46(57)61-6,42-36(29-54(27-31)28-32)35-23-34(16-17-39(35)52-42)33-14-11-10-12-15-33)38-24-37-40(25-41(38)60-5)53(4)44-49(37)19-21-55-20-13-18-48(9-2,43(49)55)45(63-30(3)56)51(44,59)47(58)62-7/h10-17,20,22-25,32,43-45,52,59H,8-9,18-19,21,26-29H2,1-7H3/t32-,43+,44-,45-,48-,49-,50+,51+/m1/s1. The molecule has 330 valence electrons. The van der Waals surface area contributed by atoms with Gasteiger partial charge in [-0.25, -0.2) is 4.79 Å². The van der Waals surface area contributed by atoms with Crippen LogP contribution in [-0.2, 0) is 46.0 Å². The Morgan fingerprint density at radius 2 is 1.70 bits per heavy atom. The third-order valence-corrected chi connectivity index (χ3v) is 16.0. The Labute approximate surface area is 368 Å². The molecule has 1 aliphatic carbocycles. The highest BCUT2D eigenvalue weighted by atomic mass is 16.6. The van der Waals surface area contributed by atoms with E-state index in [1.807, 2.05) is 43.1 Å². The van der Waals surface area contributed by atoms with Crippen molar-refractivity contribution in [2.45, 2.75) is 94.0 Å². The number of aromatic amines is 1. The van der Waals surface area contributed by atoms with Crippen molar-refractivity contribution in [3.63, 3.8) is 0 Å². The molecule has 1 spiro atoms. The van der Waals surface area contributed by atoms with E-state index in [1.54, 1.807) is 7.11 Å². The van der Waals surface area contributed by atoms with Crippen LogP contribution in [0.15, 0.2) is 84.6 Å². The van der Waals surface area contributed by atoms with Crippen molar-refractivity contribution in [1.82, 2.24) is 14.8 Å². The largest absolute Gasteiger partial charge is 0.496 e. The van der Waals surface area contributed by atoms with Crippen molar-refractivity contribution < 1.29 is 38.4 Å². The number of allylic oxidation sites excluding steroid dienone is 1. The van der Waals surface area contributed by atoms with Crippen LogP contribution < -0.4 is 9.64 Å². The minimum Gasteiger partial charge on any atom is -0.496 e. The zero-order valence-electron chi connectivity index (χ0n) is 37.3. The van der Waals surface area contributed by atoms with Crippen molar-refractivity contribution in [1.29, 1.82) is 0 Å². The van der Waals surface area contributed by atoms with Crippen molar-refractivity contribution in [3.8, 4) is 16.9 Å². The number of rotatable bonds is 8. The number of aliphatic hydroxyl groups is 1.